The highest BCUT2D eigenvalue weighted by atomic mass is 32.2. The van der Waals surface area contributed by atoms with Crippen molar-refractivity contribution in [3.8, 4) is 11.4 Å². The van der Waals surface area contributed by atoms with Gasteiger partial charge in [0.05, 0.1) is 28.8 Å². The molecule has 0 saturated carbocycles. The molecule has 10 heteroatoms. The first kappa shape index (κ1) is 21.0. The fourth-order valence-corrected chi connectivity index (χ4v) is 3.66. The van der Waals surface area contributed by atoms with Gasteiger partial charge in [0.1, 0.15) is 5.76 Å². The van der Waals surface area contributed by atoms with E-state index >= 15 is 0 Å². The van der Waals surface area contributed by atoms with Crippen molar-refractivity contribution >= 4 is 23.4 Å². The van der Waals surface area contributed by atoms with Gasteiger partial charge in [-0.1, -0.05) is 23.9 Å². The Labute approximate surface area is 169 Å². The van der Waals surface area contributed by atoms with E-state index in [1.807, 2.05) is 25.3 Å². The number of hydrogen-bond acceptors (Lipinski definition) is 5. The smallest absolute Gasteiger partial charge is 0.418 e. The fourth-order valence-electron chi connectivity index (χ4n) is 2.80. The number of anilines is 1. The maximum absolute atomic E-state index is 13.1. The third-order valence-corrected chi connectivity index (χ3v) is 5.06. The molecular formula is C19H19F3N4O2S. The van der Waals surface area contributed by atoms with Gasteiger partial charge >= 0.3 is 6.18 Å². The predicted octanol–water partition coefficient (Wildman–Crippen LogP) is 5.18. The van der Waals surface area contributed by atoms with Crippen molar-refractivity contribution in [3.05, 3.63) is 47.9 Å². The Morgan fingerprint density at radius 2 is 1.97 bits per heavy atom. The van der Waals surface area contributed by atoms with Gasteiger partial charge in [0, 0.05) is 6.04 Å². The van der Waals surface area contributed by atoms with Crippen molar-refractivity contribution in [1.29, 1.82) is 0 Å². The van der Waals surface area contributed by atoms with Gasteiger partial charge in [-0.25, -0.2) is 0 Å². The highest BCUT2D eigenvalue weighted by Crippen LogP contribution is 2.35. The molecule has 3 rings (SSSR count). The number of benzene rings is 1. The lowest BCUT2D eigenvalue weighted by Crippen LogP contribution is -2.18. The van der Waals surface area contributed by atoms with Crippen LogP contribution in [-0.4, -0.2) is 26.4 Å². The Hall–Kier alpha value is -2.75. The van der Waals surface area contributed by atoms with E-state index in [0.717, 1.165) is 23.4 Å². The average molecular weight is 424 g/mol. The van der Waals surface area contributed by atoms with Crippen LogP contribution in [0.2, 0.25) is 0 Å². The lowest BCUT2D eigenvalue weighted by Gasteiger charge is -2.14. The van der Waals surface area contributed by atoms with Crippen LogP contribution < -0.4 is 5.32 Å². The third-order valence-electron chi connectivity index (χ3n) is 4.12. The first-order chi connectivity index (χ1) is 13.7. The molecule has 0 spiro atoms. The van der Waals surface area contributed by atoms with Crippen molar-refractivity contribution in [2.45, 2.75) is 38.1 Å². The van der Waals surface area contributed by atoms with E-state index in [-0.39, 0.29) is 17.5 Å². The molecular weight excluding hydrogens is 405 g/mol. The van der Waals surface area contributed by atoms with E-state index in [9.17, 15) is 18.0 Å². The zero-order chi connectivity index (χ0) is 21.2. The maximum Gasteiger partial charge on any atom is 0.418 e. The molecule has 0 saturated heterocycles. The first-order valence-electron chi connectivity index (χ1n) is 8.76. The Kier molecular flexibility index (Phi) is 6.02. The molecule has 1 amide bonds. The highest BCUT2D eigenvalue weighted by Gasteiger charge is 2.33. The second-order valence-corrected chi connectivity index (χ2v) is 7.48. The number of carbonyl (C=O) groups is 1. The second kappa shape index (κ2) is 8.32. The number of carbonyl (C=O) groups excluding carboxylic acids is 1. The Bertz CT molecular complexity index is 1010. The molecule has 0 fully saturated rings. The van der Waals surface area contributed by atoms with E-state index in [1.54, 1.807) is 12.3 Å². The molecule has 0 atom stereocenters. The van der Waals surface area contributed by atoms with Crippen molar-refractivity contribution in [3.63, 3.8) is 0 Å². The molecule has 0 aliphatic rings. The van der Waals surface area contributed by atoms with E-state index in [1.165, 1.54) is 18.2 Å². The topological polar surface area (TPSA) is 72.9 Å². The molecule has 0 radical (unpaired) electrons. The summed E-state index contributed by atoms with van der Waals surface area (Å²) in [7, 11) is 0. The molecule has 1 N–H and O–H groups in total. The van der Waals surface area contributed by atoms with Gasteiger partial charge in [0.2, 0.25) is 5.91 Å². The largest absolute Gasteiger partial charge is 0.469 e. The summed E-state index contributed by atoms with van der Waals surface area (Å²) in [6.45, 7) is 5.71. The summed E-state index contributed by atoms with van der Waals surface area (Å²) in [6.07, 6.45) is -2.99. The van der Waals surface area contributed by atoms with Crippen molar-refractivity contribution < 1.29 is 22.4 Å². The SMILES string of the molecule is Cc1occc1-c1nnc(SCC(=O)Nc2ccccc2C(F)(F)F)n1C(C)C. The van der Waals surface area contributed by atoms with Crippen molar-refractivity contribution in [2.24, 2.45) is 0 Å². The number of alkyl halides is 3. The monoisotopic (exact) mass is 424 g/mol. The fraction of sp³-hybridized carbons (Fsp3) is 0.316. The van der Waals surface area contributed by atoms with Crippen LogP contribution >= 0.6 is 11.8 Å². The normalized spacial score (nSPS) is 11.8. The Balaban J connectivity index is 1.75. The lowest BCUT2D eigenvalue weighted by molar-refractivity contribution is -0.137. The van der Waals surface area contributed by atoms with Crippen LogP contribution in [0.4, 0.5) is 18.9 Å². The van der Waals surface area contributed by atoms with E-state index < -0.39 is 17.6 Å². The lowest BCUT2D eigenvalue weighted by atomic mass is 10.1. The average Bonchev–Trinajstić information content (AvgIpc) is 3.25. The first-order valence-corrected chi connectivity index (χ1v) is 9.75. The highest BCUT2D eigenvalue weighted by molar-refractivity contribution is 7.99. The molecule has 0 unspecified atom stereocenters. The Morgan fingerprint density at radius 3 is 2.59 bits per heavy atom. The molecule has 0 aliphatic carbocycles. The number of para-hydroxylation sites is 1. The summed E-state index contributed by atoms with van der Waals surface area (Å²) < 4.78 is 46.4. The number of halogens is 3. The molecule has 2 heterocycles. The predicted molar refractivity (Wildman–Crippen MR) is 104 cm³/mol. The Morgan fingerprint density at radius 1 is 1.24 bits per heavy atom. The number of thioether (sulfide) groups is 1. The molecule has 1 aromatic carbocycles. The number of aryl methyl sites for hydroxylation is 1. The van der Waals surface area contributed by atoms with Crippen LogP contribution in [0.15, 0.2) is 46.2 Å². The van der Waals surface area contributed by atoms with Crippen LogP contribution in [0.3, 0.4) is 0 Å². The zero-order valence-corrected chi connectivity index (χ0v) is 16.8. The van der Waals surface area contributed by atoms with Crippen LogP contribution in [0.5, 0.6) is 0 Å². The van der Waals surface area contributed by atoms with Crippen LogP contribution in [0.25, 0.3) is 11.4 Å². The number of aromatic nitrogens is 3. The van der Waals surface area contributed by atoms with Gasteiger partial charge in [-0.05, 0) is 39.0 Å². The molecule has 154 valence electrons. The number of nitrogens with zero attached hydrogens (tertiary/aromatic N) is 3. The van der Waals surface area contributed by atoms with Crippen LogP contribution in [-0.2, 0) is 11.0 Å². The second-order valence-electron chi connectivity index (χ2n) is 6.54. The third kappa shape index (κ3) is 4.64. The van der Waals surface area contributed by atoms with E-state index in [0.29, 0.717) is 16.7 Å². The summed E-state index contributed by atoms with van der Waals surface area (Å²) in [5.74, 6) is 0.626. The number of nitrogens with one attached hydrogen (secondary N) is 1. The summed E-state index contributed by atoms with van der Waals surface area (Å²) in [6, 6.07) is 6.66. The number of amides is 1. The molecule has 29 heavy (non-hydrogen) atoms. The van der Waals surface area contributed by atoms with Gasteiger partial charge in [-0.15, -0.1) is 10.2 Å². The molecule has 3 aromatic rings. The zero-order valence-electron chi connectivity index (χ0n) is 15.9. The van der Waals surface area contributed by atoms with Gasteiger partial charge < -0.3 is 9.73 Å². The van der Waals surface area contributed by atoms with Gasteiger partial charge in [0.25, 0.3) is 0 Å². The molecule has 0 aliphatic heterocycles. The number of furan rings is 1. The molecule has 6 nitrogen and oxygen atoms in total. The number of hydrogen-bond donors (Lipinski definition) is 1. The van der Waals surface area contributed by atoms with E-state index in [2.05, 4.69) is 15.5 Å². The quantitative estimate of drug-likeness (QED) is 0.552. The maximum atomic E-state index is 13.1. The van der Waals surface area contributed by atoms with Crippen LogP contribution in [0.1, 0.15) is 31.2 Å². The van der Waals surface area contributed by atoms with Gasteiger partial charge in [-0.3, -0.25) is 9.36 Å². The minimum Gasteiger partial charge on any atom is -0.469 e. The van der Waals surface area contributed by atoms with Gasteiger partial charge in [0.15, 0.2) is 11.0 Å². The number of rotatable bonds is 6. The van der Waals surface area contributed by atoms with Crippen LogP contribution in [0, 0.1) is 6.92 Å². The molecule has 0 bridgehead atoms. The summed E-state index contributed by atoms with van der Waals surface area (Å²) in [5, 5.41) is 11.2. The summed E-state index contributed by atoms with van der Waals surface area (Å²) >= 11 is 1.11. The summed E-state index contributed by atoms with van der Waals surface area (Å²) in [5.41, 5.74) is -0.367. The standard InChI is InChI=1S/C19H19F3N4O2S/c1-11(2)26-17(13-8-9-28-12(13)3)24-25-18(26)29-10-16(27)23-15-7-5-4-6-14(15)19(20,21)22/h4-9,11H,10H2,1-3H3,(H,23,27). The molecule has 2 aromatic heterocycles. The van der Waals surface area contributed by atoms with E-state index in [4.69, 9.17) is 4.42 Å². The minimum atomic E-state index is -4.55. The van der Waals surface area contributed by atoms with Crippen molar-refractivity contribution in [2.75, 3.05) is 11.1 Å². The van der Waals surface area contributed by atoms with Gasteiger partial charge in [-0.2, -0.15) is 13.2 Å². The minimum absolute atomic E-state index is 0.00539. The van der Waals surface area contributed by atoms with Crippen molar-refractivity contribution in [1.82, 2.24) is 14.8 Å². The summed E-state index contributed by atoms with van der Waals surface area (Å²) in [4.78, 5) is 12.3.